The van der Waals surface area contributed by atoms with Crippen LogP contribution in [-0.4, -0.2) is 35.0 Å². The van der Waals surface area contributed by atoms with Crippen molar-refractivity contribution in [3.63, 3.8) is 0 Å². The fraction of sp³-hybridized carbons (Fsp3) is 0.316. The van der Waals surface area contributed by atoms with E-state index in [0.717, 1.165) is 16.8 Å². The number of amides is 3. The zero-order valence-corrected chi connectivity index (χ0v) is 17.3. The Morgan fingerprint density at radius 1 is 1.21 bits per heavy atom. The molecule has 148 valence electrons. The van der Waals surface area contributed by atoms with Gasteiger partial charge in [-0.05, 0) is 44.9 Å². The van der Waals surface area contributed by atoms with Crippen molar-refractivity contribution in [2.45, 2.75) is 40.7 Å². The minimum atomic E-state index is -0.860. The van der Waals surface area contributed by atoms with E-state index in [1.54, 1.807) is 24.1 Å². The van der Waals surface area contributed by atoms with E-state index < -0.39 is 11.8 Å². The summed E-state index contributed by atoms with van der Waals surface area (Å²) < 4.78 is 0. The summed E-state index contributed by atoms with van der Waals surface area (Å²) in [4.78, 5) is 41.3. The number of aromatic nitrogens is 1. The highest BCUT2D eigenvalue weighted by Gasteiger charge is 2.20. The number of carbonyl (C=O) groups is 3. The van der Waals surface area contributed by atoms with Gasteiger partial charge in [-0.3, -0.25) is 19.3 Å². The predicted octanol–water partition coefficient (Wildman–Crippen LogP) is 2.42. The molecule has 3 amide bonds. The summed E-state index contributed by atoms with van der Waals surface area (Å²) in [6.45, 7) is 8.91. The van der Waals surface area contributed by atoms with Crippen LogP contribution in [0.4, 0.5) is 10.8 Å². The maximum absolute atomic E-state index is 12.2. The first kappa shape index (κ1) is 21.2. The van der Waals surface area contributed by atoms with Crippen LogP contribution in [0.3, 0.4) is 0 Å². The minimum absolute atomic E-state index is 0.147. The van der Waals surface area contributed by atoms with Gasteiger partial charge in [0.25, 0.3) is 0 Å². The Morgan fingerprint density at radius 2 is 1.93 bits per heavy atom. The van der Waals surface area contributed by atoms with Gasteiger partial charge in [0.2, 0.25) is 5.91 Å². The number of nitrogens with zero attached hydrogens (tertiary/aromatic N) is 3. The topological polar surface area (TPSA) is 104 Å². The Morgan fingerprint density at radius 3 is 2.57 bits per heavy atom. The van der Waals surface area contributed by atoms with Crippen LogP contribution >= 0.6 is 11.3 Å². The quantitative estimate of drug-likeness (QED) is 0.456. The highest BCUT2D eigenvalue weighted by Crippen LogP contribution is 2.32. The van der Waals surface area contributed by atoms with Gasteiger partial charge in [-0.25, -0.2) is 10.4 Å². The molecule has 0 saturated heterocycles. The van der Waals surface area contributed by atoms with E-state index in [1.165, 1.54) is 24.5 Å². The molecule has 2 rings (SSSR count). The molecule has 0 aliphatic rings. The van der Waals surface area contributed by atoms with Crippen LogP contribution in [0.25, 0.3) is 0 Å². The molecular weight excluding hydrogens is 378 g/mol. The number of hydrazone groups is 1. The Balaban J connectivity index is 2.15. The summed E-state index contributed by atoms with van der Waals surface area (Å²) in [6, 6.07) is 5.59. The molecule has 8 nitrogen and oxygen atoms in total. The lowest BCUT2D eigenvalue weighted by atomic mass is 10.1. The molecule has 28 heavy (non-hydrogen) atoms. The molecule has 1 aromatic carbocycles. The number of hydrogen-bond donors (Lipinski definition) is 2. The first-order chi connectivity index (χ1) is 13.2. The lowest BCUT2D eigenvalue weighted by Crippen LogP contribution is -2.41. The average molecular weight is 401 g/mol. The summed E-state index contributed by atoms with van der Waals surface area (Å²) in [5.74, 6) is -1.78. The van der Waals surface area contributed by atoms with Crippen molar-refractivity contribution < 1.29 is 14.4 Å². The van der Waals surface area contributed by atoms with E-state index in [0.29, 0.717) is 10.8 Å². The second kappa shape index (κ2) is 9.23. The van der Waals surface area contributed by atoms with Crippen LogP contribution in [-0.2, 0) is 14.4 Å². The molecule has 0 aliphatic carbocycles. The highest BCUT2D eigenvalue weighted by molar-refractivity contribution is 7.14. The van der Waals surface area contributed by atoms with Crippen molar-refractivity contribution in [2.75, 3.05) is 4.90 Å². The maximum Gasteiger partial charge on any atom is 0.329 e. The third-order valence-corrected chi connectivity index (χ3v) is 4.67. The number of anilines is 2. The van der Waals surface area contributed by atoms with E-state index in [2.05, 4.69) is 20.8 Å². The molecule has 0 radical (unpaired) electrons. The normalized spacial score (nSPS) is 10.9. The summed E-state index contributed by atoms with van der Waals surface area (Å²) in [5, 5.41) is 8.42. The molecule has 1 heterocycles. The van der Waals surface area contributed by atoms with Crippen molar-refractivity contribution in [1.82, 2.24) is 15.7 Å². The standard InChI is InChI=1S/C19H23N5O3S/c1-11(2)21-17(26)18(27)23-20-9-15-10-28-19(22-15)24(14(5)25)16-8-6-7-12(3)13(16)4/h6-11H,1-5H3,(H,21,26)(H,23,27)/b20-9-. The van der Waals surface area contributed by atoms with Crippen molar-refractivity contribution in [1.29, 1.82) is 0 Å². The zero-order valence-electron chi connectivity index (χ0n) is 16.4. The predicted molar refractivity (Wildman–Crippen MR) is 110 cm³/mol. The Labute approximate surface area is 167 Å². The maximum atomic E-state index is 12.2. The second-order valence-electron chi connectivity index (χ2n) is 6.46. The lowest BCUT2D eigenvalue weighted by molar-refractivity contribution is -0.139. The van der Waals surface area contributed by atoms with Gasteiger partial charge in [-0.15, -0.1) is 11.3 Å². The van der Waals surface area contributed by atoms with Crippen LogP contribution in [0.15, 0.2) is 28.7 Å². The fourth-order valence-electron chi connectivity index (χ4n) is 2.36. The number of aryl methyl sites for hydroxylation is 1. The number of rotatable bonds is 5. The first-order valence-corrected chi connectivity index (χ1v) is 9.55. The van der Waals surface area contributed by atoms with Crippen molar-refractivity contribution in [3.05, 3.63) is 40.4 Å². The van der Waals surface area contributed by atoms with Crippen molar-refractivity contribution in [3.8, 4) is 0 Å². The molecule has 0 fully saturated rings. The fourth-order valence-corrected chi connectivity index (χ4v) is 3.19. The molecule has 0 aliphatic heterocycles. The monoisotopic (exact) mass is 401 g/mol. The van der Waals surface area contributed by atoms with E-state index in [9.17, 15) is 14.4 Å². The van der Waals surface area contributed by atoms with Gasteiger partial charge >= 0.3 is 11.8 Å². The third kappa shape index (κ3) is 5.23. The van der Waals surface area contributed by atoms with Crippen molar-refractivity contribution >= 4 is 46.1 Å². The van der Waals surface area contributed by atoms with Gasteiger partial charge in [0.1, 0.15) is 0 Å². The molecule has 0 saturated carbocycles. The van der Waals surface area contributed by atoms with Crippen LogP contribution in [0, 0.1) is 13.8 Å². The van der Waals surface area contributed by atoms with Crippen LogP contribution in [0.2, 0.25) is 0 Å². The van der Waals surface area contributed by atoms with Gasteiger partial charge in [0, 0.05) is 18.3 Å². The Hall–Kier alpha value is -3.07. The van der Waals surface area contributed by atoms with Crippen LogP contribution < -0.4 is 15.6 Å². The number of hydrogen-bond acceptors (Lipinski definition) is 6. The number of carbonyl (C=O) groups excluding carboxylic acids is 3. The molecule has 0 unspecified atom stereocenters. The van der Waals surface area contributed by atoms with E-state index in [-0.39, 0.29) is 11.9 Å². The van der Waals surface area contributed by atoms with Crippen LogP contribution in [0.1, 0.15) is 37.6 Å². The Bertz CT molecular complexity index is 920. The van der Waals surface area contributed by atoms with Gasteiger partial charge in [-0.2, -0.15) is 5.10 Å². The molecule has 1 aromatic heterocycles. The Kier molecular flexibility index (Phi) is 7.00. The smallest absolute Gasteiger partial charge is 0.329 e. The van der Waals surface area contributed by atoms with E-state index >= 15 is 0 Å². The summed E-state index contributed by atoms with van der Waals surface area (Å²) in [5.41, 5.74) is 5.44. The number of benzene rings is 1. The first-order valence-electron chi connectivity index (χ1n) is 8.67. The molecule has 0 bridgehead atoms. The average Bonchev–Trinajstić information content (AvgIpc) is 3.06. The summed E-state index contributed by atoms with van der Waals surface area (Å²) >= 11 is 1.28. The van der Waals surface area contributed by atoms with E-state index in [4.69, 9.17) is 0 Å². The molecular formula is C19H23N5O3S. The molecule has 2 N–H and O–H groups in total. The molecule has 2 aromatic rings. The lowest BCUT2D eigenvalue weighted by Gasteiger charge is -2.21. The second-order valence-corrected chi connectivity index (χ2v) is 7.29. The van der Waals surface area contributed by atoms with Crippen LogP contribution in [0.5, 0.6) is 0 Å². The van der Waals surface area contributed by atoms with Gasteiger partial charge in [-0.1, -0.05) is 12.1 Å². The summed E-state index contributed by atoms with van der Waals surface area (Å²) in [7, 11) is 0. The van der Waals surface area contributed by atoms with Gasteiger partial charge in [0.05, 0.1) is 17.6 Å². The van der Waals surface area contributed by atoms with Crippen molar-refractivity contribution in [2.24, 2.45) is 5.10 Å². The largest absolute Gasteiger partial charge is 0.346 e. The van der Waals surface area contributed by atoms with Gasteiger partial charge < -0.3 is 5.32 Å². The number of thiazole rings is 1. The van der Waals surface area contributed by atoms with E-state index in [1.807, 2.05) is 32.0 Å². The number of nitrogens with one attached hydrogen (secondary N) is 2. The highest BCUT2D eigenvalue weighted by atomic mass is 32.1. The molecule has 0 spiro atoms. The SMILES string of the molecule is CC(=O)N(c1nc(/C=N\NC(=O)C(=O)NC(C)C)cs1)c1cccc(C)c1C. The zero-order chi connectivity index (χ0) is 20.8. The molecule has 9 heteroatoms. The third-order valence-electron chi connectivity index (χ3n) is 3.82. The summed E-state index contributed by atoms with van der Waals surface area (Å²) in [6.07, 6.45) is 1.32. The minimum Gasteiger partial charge on any atom is -0.346 e. The van der Waals surface area contributed by atoms with Gasteiger partial charge in [0.15, 0.2) is 5.13 Å². The molecule has 0 atom stereocenters.